The second-order valence-corrected chi connectivity index (χ2v) is 6.27. The van der Waals surface area contributed by atoms with E-state index in [1.807, 2.05) is 29.1 Å². The van der Waals surface area contributed by atoms with Gasteiger partial charge in [-0.2, -0.15) is 0 Å². The predicted molar refractivity (Wildman–Crippen MR) is 96.6 cm³/mol. The normalized spacial score (nSPS) is 12.0. The number of rotatable bonds is 9. The molecule has 0 atom stereocenters. The largest absolute Gasteiger partial charge is 0.465 e. The van der Waals surface area contributed by atoms with Crippen molar-refractivity contribution in [2.45, 2.75) is 45.6 Å². The molecule has 3 rings (SSSR count). The van der Waals surface area contributed by atoms with E-state index < -0.39 is 0 Å². The molecule has 0 aromatic carbocycles. The maximum absolute atomic E-state index is 5.57. The van der Waals surface area contributed by atoms with Gasteiger partial charge in [0.2, 0.25) is 0 Å². The van der Waals surface area contributed by atoms with Gasteiger partial charge in [0, 0.05) is 11.9 Å². The Morgan fingerprint density at radius 1 is 1.32 bits per heavy atom. The quantitative estimate of drug-likeness (QED) is 0.583. The van der Waals surface area contributed by atoms with E-state index in [9.17, 15) is 0 Å². The van der Waals surface area contributed by atoms with E-state index in [-0.39, 0.29) is 0 Å². The lowest BCUT2D eigenvalue weighted by Gasteiger charge is -2.00. The highest BCUT2D eigenvalue weighted by atomic mass is 16.3. The smallest absolute Gasteiger partial charge is 0.197 e. The third-order valence-corrected chi connectivity index (χ3v) is 3.96. The molecule has 0 bridgehead atoms. The third-order valence-electron chi connectivity index (χ3n) is 3.96. The van der Waals surface area contributed by atoms with Crippen LogP contribution >= 0.6 is 0 Å². The number of allylic oxidation sites excluding steroid dienone is 1. The van der Waals surface area contributed by atoms with Crippen LogP contribution in [-0.4, -0.2) is 25.0 Å². The number of nitrogens with zero attached hydrogens (tertiary/aromatic N) is 4. The number of nitrogen functional groups attached to an aromatic ring is 1. The van der Waals surface area contributed by atoms with Gasteiger partial charge in [-0.15, -0.1) is 5.10 Å². The summed E-state index contributed by atoms with van der Waals surface area (Å²) < 4.78 is 7.19. The molecule has 0 unspecified atom stereocenters. The second-order valence-electron chi connectivity index (χ2n) is 6.27. The fraction of sp³-hybridized carbons (Fsp3) is 0.389. The average molecular weight is 340 g/mol. The number of aromatic amines is 1. The Bertz CT molecular complexity index is 799. The summed E-state index contributed by atoms with van der Waals surface area (Å²) in [6, 6.07) is 3.82. The predicted octanol–water partition coefficient (Wildman–Crippen LogP) is 3.24. The number of imidazole rings is 1. The molecule has 0 fully saturated rings. The van der Waals surface area contributed by atoms with Crippen LogP contribution in [0.4, 0.5) is 5.95 Å². The minimum absolute atomic E-state index is 0.489. The first kappa shape index (κ1) is 17.0. The van der Waals surface area contributed by atoms with E-state index in [4.69, 9.17) is 10.2 Å². The molecule has 0 saturated heterocycles. The van der Waals surface area contributed by atoms with Crippen molar-refractivity contribution >= 4 is 12.0 Å². The lowest BCUT2D eigenvalue weighted by Crippen LogP contribution is -1.99. The van der Waals surface area contributed by atoms with Gasteiger partial charge in [0.05, 0.1) is 24.7 Å². The van der Waals surface area contributed by atoms with Gasteiger partial charge in [-0.3, -0.25) is 0 Å². The van der Waals surface area contributed by atoms with Crippen LogP contribution in [0.25, 0.3) is 6.08 Å². The standard InChI is InChI=1S/C18H24N6O/c1-14(10-17-8-5-9-25-17)12-24-13-16(22-23-24)7-4-2-3-6-15-11-20-18(19)21-15/h5,8-11,13H,2-4,6-7,12H2,1H3,(H3,19,20,21)/b14-10+. The first-order valence-corrected chi connectivity index (χ1v) is 8.58. The van der Waals surface area contributed by atoms with Crippen LogP contribution in [-0.2, 0) is 19.4 Å². The number of nitrogens with one attached hydrogen (secondary N) is 1. The monoisotopic (exact) mass is 340 g/mol. The number of hydrogen-bond acceptors (Lipinski definition) is 5. The minimum atomic E-state index is 0.489. The molecule has 0 aliphatic carbocycles. The summed E-state index contributed by atoms with van der Waals surface area (Å²) in [6.07, 6.45) is 12.8. The molecule has 0 aliphatic rings. The van der Waals surface area contributed by atoms with E-state index in [0.29, 0.717) is 5.95 Å². The minimum Gasteiger partial charge on any atom is -0.465 e. The summed E-state index contributed by atoms with van der Waals surface area (Å²) >= 11 is 0. The van der Waals surface area contributed by atoms with Gasteiger partial charge in [0.15, 0.2) is 5.95 Å². The summed E-state index contributed by atoms with van der Waals surface area (Å²) in [5, 5.41) is 8.46. The van der Waals surface area contributed by atoms with Crippen LogP contribution < -0.4 is 5.73 Å². The van der Waals surface area contributed by atoms with Crippen LogP contribution in [0.3, 0.4) is 0 Å². The number of hydrogen-bond donors (Lipinski definition) is 2. The summed E-state index contributed by atoms with van der Waals surface area (Å²) in [5.41, 5.74) is 8.88. The first-order chi connectivity index (χ1) is 12.2. The van der Waals surface area contributed by atoms with Crippen LogP contribution in [0, 0.1) is 0 Å². The molecule has 3 aromatic heterocycles. The number of aryl methyl sites for hydroxylation is 2. The van der Waals surface area contributed by atoms with Crippen molar-refractivity contribution in [2.24, 2.45) is 0 Å². The molecule has 3 aromatic rings. The van der Waals surface area contributed by atoms with Gasteiger partial charge in [-0.25, -0.2) is 9.67 Å². The second kappa shape index (κ2) is 8.32. The summed E-state index contributed by atoms with van der Waals surface area (Å²) in [4.78, 5) is 7.05. The summed E-state index contributed by atoms with van der Waals surface area (Å²) in [5.74, 6) is 1.35. The summed E-state index contributed by atoms with van der Waals surface area (Å²) in [7, 11) is 0. The lowest BCUT2D eigenvalue weighted by atomic mass is 10.1. The number of unbranched alkanes of at least 4 members (excludes halogenated alkanes) is 2. The third kappa shape index (κ3) is 5.34. The topological polar surface area (TPSA) is 98.6 Å². The highest BCUT2D eigenvalue weighted by Crippen LogP contribution is 2.10. The van der Waals surface area contributed by atoms with Gasteiger partial charge in [0.25, 0.3) is 0 Å². The van der Waals surface area contributed by atoms with E-state index >= 15 is 0 Å². The van der Waals surface area contributed by atoms with Gasteiger partial charge in [0.1, 0.15) is 5.76 Å². The molecule has 0 aliphatic heterocycles. The highest BCUT2D eigenvalue weighted by molar-refractivity contribution is 5.46. The highest BCUT2D eigenvalue weighted by Gasteiger charge is 2.03. The lowest BCUT2D eigenvalue weighted by molar-refractivity contribution is 0.555. The molecule has 0 radical (unpaired) electrons. The fourth-order valence-corrected chi connectivity index (χ4v) is 2.75. The molecule has 0 spiro atoms. The molecule has 7 heteroatoms. The number of H-pyrrole nitrogens is 1. The molecule has 132 valence electrons. The number of furan rings is 1. The zero-order valence-corrected chi connectivity index (χ0v) is 14.5. The van der Waals surface area contributed by atoms with E-state index in [0.717, 1.165) is 55.8 Å². The molecule has 3 N–H and O–H groups in total. The van der Waals surface area contributed by atoms with Crippen molar-refractivity contribution in [3.05, 3.63) is 53.5 Å². The van der Waals surface area contributed by atoms with Crippen molar-refractivity contribution in [3.63, 3.8) is 0 Å². The molecule has 7 nitrogen and oxygen atoms in total. The average Bonchev–Trinajstić information content (AvgIpc) is 3.31. The molecule has 0 saturated carbocycles. The van der Waals surface area contributed by atoms with Gasteiger partial charge in [-0.05, 0) is 56.4 Å². The van der Waals surface area contributed by atoms with Gasteiger partial charge in [-0.1, -0.05) is 11.6 Å². The van der Waals surface area contributed by atoms with E-state index in [2.05, 4.69) is 27.2 Å². The van der Waals surface area contributed by atoms with Crippen molar-refractivity contribution in [1.29, 1.82) is 0 Å². The maximum Gasteiger partial charge on any atom is 0.197 e. The zero-order chi connectivity index (χ0) is 17.5. The van der Waals surface area contributed by atoms with Crippen molar-refractivity contribution in [2.75, 3.05) is 5.73 Å². The Morgan fingerprint density at radius 2 is 2.20 bits per heavy atom. The number of aromatic nitrogens is 5. The Balaban J connectivity index is 1.38. The molecule has 25 heavy (non-hydrogen) atoms. The van der Waals surface area contributed by atoms with Crippen LogP contribution in [0.5, 0.6) is 0 Å². The molecule has 3 heterocycles. The Hall–Kier alpha value is -2.83. The zero-order valence-electron chi connectivity index (χ0n) is 14.5. The molecular weight excluding hydrogens is 316 g/mol. The van der Waals surface area contributed by atoms with Crippen LogP contribution in [0.1, 0.15) is 43.3 Å². The van der Waals surface area contributed by atoms with Crippen molar-refractivity contribution in [3.8, 4) is 0 Å². The van der Waals surface area contributed by atoms with E-state index in [1.54, 1.807) is 12.5 Å². The first-order valence-electron chi connectivity index (χ1n) is 8.58. The van der Waals surface area contributed by atoms with Gasteiger partial charge >= 0.3 is 0 Å². The summed E-state index contributed by atoms with van der Waals surface area (Å²) in [6.45, 7) is 2.78. The van der Waals surface area contributed by atoms with Gasteiger partial charge < -0.3 is 15.1 Å². The van der Waals surface area contributed by atoms with Crippen LogP contribution in [0.15, 0.2) is 40.8 Å². The molecule has 0 amide bonds. The van der Waals surface area contributed by atoms with Crippen LogP contribution in [0.2, 0.25) is 0 Å². The fourth-order valence-electron chi connectivity index (χ4n) is 2.75. The van der Waals surface area contributed by atoms with Crippen molar-refractivity contribution < 1.29 is 4.42 Å². The Morgan fingerprint density at radius 3 is 2.96 bits per heavy atom. The maximum atomic E-state index is 5.57. The SMILES string of the molecule is C/C(=C\c1ccco1)Cn1cc(CCCCCc2cnc(N)[nH]2)nn1. The Kier molecular flexibility index (Phi) is 5.66. The van der Waals surface area contributed by atoms with E-state index in [1.165, 1.54) is 5.57 Å². The van der Waals surface area contributed by atoms with Crippen molar-refractivity contribution in [1.82, 2.24) is 25.0 Å². The molecular formula is C18H24N6O. The number of nitrogens with two attached hydrogens (primary N) is 1. The Labute approximate surface area is 146 Å². The number of anilines is 1.